The Labute approximate surface area is 110 Å². The molecule has 0 bridgehead atoms. The third kappa shape index (κ3) is 1.57. The van der Waals surface area contributed by atoms with E-state index in [2.05, 4.69) is 12.1 Å². The maximum Gasteiger partial charge on any atom is 0.135 e. The normalized spacial score (nSPS) is 10.5. The Morgan fingerprint density at radius 1 is 0.789 bits per heavy atom. The fourth-order valence-corrected chi connectivity index (χ4v) is 2.31. The van der Waals surface area contributed by atoms with Crippen molar-refractivity contribution in [2.24, 2.45) is 0 Å². The van der Waals surface area contributed by atoms with Crippen LogP contribution in [0.4, 0.5) is 0 Å². The molecule has 0 saturated carbocycles. The van der Waals surface area contributed by atoms with Gasteiger partial charge in [0.2, 0.25) is 0 Å². The third-order valence-electron chi connectivity index (χ3n) is 3.40. The smallest absolute Gasteiger partial charge is 0.135 e. The number of rotatable bonds is 0. The van der Waals surface area contributed by atoms with E-state index >= 15 is 0 Å². The summed E-state index contributed by atoms with van der Waals surface area (Å²) in [4.78, 5) is 0. The highest BCUT2D eigenvalue weighted by Crippen LogP contribution is 2.32. The third-order valence-corrected chi connectivity index (χ3v) is 3.40. The maximum absolute atomic E-state index is 9.10. The first-order valence-corrected chi connectivity index (χ1v) is 5.91. The SMILES string of the molecule is Cc1cc2oc3cc(C)c(C#N)cc3c2cc1C#N. The lowest BCUT2D eigenvalue weighted by Crippen LogP contribution is -1.82. The van der Waals surface area contributed by atoms with Crippen LogP contribution in [0.2, 0.25) is 0 Å². The summed E-state index contributed by atoms with van der Waals surface area (Å²) < 4.78 is 5.79. The number of benzene rings is 2. The fourth-order valence-electron chi connectivity index (χ4n) is 2.31. The molecule has 0 spiro atoms. The molecule has 0 N–H and O–H groups in total. The molecule has 0 radical (unpaired) electrons. The molecule has 0 unspecified atom stereocenters. The van der Waals surface area contributed by atoms with E-state index in [1.807, 2.05) is 38.1 Å². The minimum atomic E-state index is 0.634. The van der Waals surface area contributed by atoms with E-state index in [4.69, 9.17) is 14.9 Å². The molecule has 0 saturated heterocycles. The van der Waals surface area contributed by atoms with Crippen LogP contribution in [0.5, 0.6) is 0 Å². The zero-order valence-corrected chi connectivity index (χ0v) is 10.6. The van der Waals surface area contributed by atoms with Crippen LogP contribution in [0.3, 0.4) is 0 Å². The highest BCUT2D eigenvalue weighted by atomic mass is 16.3. The molecule has 3 nitrogen and oxygen atoms in total. The number of furan rings is 1. The molecule has 0 aliphatic heterocycles. The van der Waals surface area contributed by atoms with Gasteiger partial charge < -0.3 is 4.42 Å². The van der Waals surface area contributed by atoms with Gasteiger partial charge in [-0.25, -0.2) is 0 Å². The van der Waals surface area contributed by atoms with Gasteiger partial charge in [0, 0.05) is 10.8 Å². The van der Waals surface area contributed by atoms with E-state index in [0.29, 0.717) is 11.1 Å². The molecular weight excluding hydrogens is 236 g/mol. The van der Waals surface area contributed by atoms with Gasteiger partial charge in [-0.3, -0.25) is 0 Å². The number of fused-ring (bicyclic) bond motifs is 3. The van der Waals surface area contributed by atoms with Crippen molar-refractivity contribution >= 4 is 21.9 Å². The van der Waals surface area contributed by atoms with E-state index < -0.39 is 0 Å². The van der Waals surface area contributed by atoms with Gasteiger partial charge in [0.15, 0.2) is 0 Å². The first-order chi connectivity index (χ1) is 9.13. The summed E-state index contributed by atoms with van der Waals surface area (Å²) in [7, 11) is 0. The first kappa shape index (κ1) is 11.3. The van der Waals surface area contributed by atoms with Gasteiger partial charge >= 0.3 is 0 Å². The van der Waals surface area contributed by atoms with Crippen molar-refractivity contribution in [2.45, 2.75) is 13.8 Å². The van der Waals surface area contributed by atoms with Crippen LogP contribution in [0.25, 0.3) is 21.9 Å². The van der Waals surface area contributed by atoms with Gasteiger partial charge in [0.05, 0.1) is 23.3 Å². The molecule has 19 heavy (non-hydrogen) atoms. The lowest BCUT2D eigenvalue weighted by atomic mass is 10.0. The van der Waals surface area contributed by atoms with Gasteiger partial charge in [-0.05, 0) is 49.2 Å². The largest absolute Gasteiger partial charge is 0.456 e. The van der Waals surface area contributed by atoms with Crippen molar-refractivity contribution in [1.82, 2.24) is 0 Å². The summed E-state index contributed by atoms with van der Waals surface area (Å²) in [6.45, 7) is 3.77. The second-order valence-corrected chi connectivity index (χ2v) is 4.65. The quantitative estimate of drug-likeness (QED) is 0.603. The number of aryl methyl sites for hydroxylation is 2. The number of hydrogen-bond acceptors (Lipinski definition) is 3. The van der Waals surface area contributed by atoms with Crippen molar-refractivity contribution in [3.63, 3.8) is 0 Å². The minimum absolute atomic E-state index is 0.634. The summed E-state index contributed by atoms with van der Waals surface area (Å²) >= 11 is 0. The van der Waals surface area contributed by atoms with Crippen molar-refractivity contribution in [3.05, 3.63) is 46.5 Å². The van der Waals surface area contributed by atoms with E-state index in [-0.39, 0.29) is 0 Å². The molecule has 1 aromatic heterocycles. The number of nitriles is 2. The van der Waals surface area contributed by atoms with Crippen LogP contribution < -0.4 is 0 Å². The van der Waals surface area contributed by atoms with Crippen LogP contribution in [0.15, 0.2) is 28.7 Å². The standard InChI is InChI=1S/C16H10N2O/c1-9-3-15-13(5-11(9)7-17)14-6-12(8-18)10(2)4-16(14)19-15/h3-6H,1-2H3. The Balaban J connectivity index is 2.50. The number of nitrogens with zero attached hydrogens (tertiary/aromatic N) is 2. The maximum atomic E-state index is 9.10. The Kier molecular flexibility index (Phi) is 2.30. The van der Waals surface area contributed by atoms with E-state index in [1.54, 1.807) is 0 Å². The molecule has 3 heteroatoms. The highest BCUT2D eigenvalue weighted by molar-refractivity contribution is 6.06. The van der Waals surface area contributed by atoms with Crippen LogP contribution in [0, 0.1) is 36.5 Å². The fraction of sp³-hybridized carbons (Fsp3) is 0.125. The molecular formula is C16H10N2O. The molecule has 0 aliphatic carbocycles. The zero-order valence-electron chi connectivity index (χ0n) is 10.6. The predicted molar refractivity (Wildman–Crippen MR) is 72.6 cm³/mol. The van der Waals surface area contributed by atoms with Crippen LogP contribution in [0.1, 0.15) is 22.3 Å². The molecule has 3 rings (SSSR count). The molecule has 1 heterocycles. The molecule has 0 aliphatic rings. The van der Waals surface area contributed by atoms with Crippen LogP contribution in [-0.2, 0) is 0 Å². The predicted octanol–water partition coefficient (Wildman–Crippen LogP) is 3.95. The Morgan fingerprint density at radius 2 is 1.21 bits per heavy atom. The monoisotopic (exact) mass is 246 g/mol. The summed E-state index contributed by atoms with van der Waals surface area (Å²) in [5.74, 6) is 0. The second kappa shape index (κ2) is 3.86. The van der Waals surface area contributed by atoms with Gasteiger partial charge in [0.25, 0.3) is 0 Å². The van der Waals surface area contributed by atoms with Gasteiger partial charge in [-0.1, -0.05) is 0 Å². The van der Waals surface area contributed by atoms with Gasteiger partial charge in [0.1, 0.15) is 11.2 Å². The minimum Gasteiger partial charge on any atom is -0.456 e. The lowest BCUT2D eigenvalue weighted by molar-refractivity contribution is 0.668. The lowest BCUT2D eigenvalue weighted by Gasteiger charge is -1.97. The second-order valence-electron chi connectivity index (χ2n) is 4.65. The highest BCUT2D eigenvalue weighted by Gasteiger charge is 2.12. The summed E-state index contributed by atoms with van der Waals surface area (Å²) in [5, 5.41) is 20.0. The summed E-state index contributed by atoms with van der Waals surface area (Å²) in [6, 6.07) is 11.7. The average Bonchev–Trinajstić information content (AvgIpc) is 2.72. The zero-order chi connectivity index (χ0) is 13.6. The molecule has 0 atom stereocenters. The molecule has 0 fully saturated rings. The molecule has 3 aromatic rings. The van der Waals surface area contributed by atoms with E-state index in [1.165, 1.54) is 0 Å². The Hall–Kier alpha value is -2.78. The van der Waals surface area contributed by atoms with Gasteiger partial charge in [-0.15, -0.1) is 0 Å². The summed E-state index contributed by atoms with van der Waals surface area (Å²) in [6.07, 6.45) is 0. The first-order valence-electron chi connectivity index (χ1n) is 5.91. The van der Waals surface area contributed by atoms with Crippen LogP contribution in [-0.4, -0.2) is 0 Å². The molecule has 0 amide bonds. The number of hydrogen-bond donors (Lipinski definition) is 0. The van der Waals surface area contributed by atoms with Crippen molar-refractivity contribution in [3.8, 4) is 12.1 Å². The molecule has 2 aromatic carbocycles. The van der Waals surface area contributed by atoms with Crippen LogP contribution >= 0.6 is 0 Å². The summed E-state index contributed by atoms with van der Waals surface area (Å²) in [5.41, 5.74) is 4.56. The average molecular weight is 246 g/mol. The topological polar surface area (TPSA) is 60.7 Å². The molecule has 90 valence electrons. The van der Waals surface area contributed by atoms with Crippen molar-refractivity contribution in [1.29, 1.82) is 10.5 Å². The van der Waals surface area contributed by atoms with E-state index in [9.17, 15) is 0 Å². The van der Waals surface area contributed by atoms with Crippen molar-refractivity contribution in [2.75, 3.05) is 0 Å². The Morgan fingerprint density at radius 3 is 1.58 bits per heavy atom. The Bertz CT molecular complexity index is 830. The van der Waals surface area contributed by atoms with E-state index in [0.717, 1.165) is 33.1 Å². The van der Waals surface area contributed by atoms with Crippen molar-refractivity contribution < 1.29 is 4.42 Å². The van der Waals surface area contributed by atoms with Gasteiger partial charge in [-0.2, -0.15) is 10.5 Å².